The van der Waals surface area contributed by atoms with Gasteiger partial charge in [-0.3, -0.25) is 5.10 Å². The van der Waals surface area contributed by atoms with Gasteiger partial charge in [0.25, 0.3) is 0 Å². The second-order valence-corrected chi connectivity index (χ2v) is 5.92. The molecule has 2 aliphatic rings. The Morgan fingerprint density at radius 3 is 2.88 bits per heavy atom. The largest absolute Gasteiger partial charge is 0.385 e. The summed E-state index contributed by atoms with van der Waals surface area (Å²) in [5.41, 5.74) is 1.14. The molecule has 0 bridgehead atoms. The number of aromatic nitrogens is 2. The van der Waals surface area contributed by atoms with E-state index in [1.807, 2.05) is 12.1 Å². The van der Waals surface area contributed by atoms with Crippen LogP contribution in [0.25, 0.3) is 10.9 Å². The maximum atomic E-state index is 10.8. The molecule has 4 heteroatoms. The maximum Gasteiger partial charge on any atom is 0.0923 e. The first-order chi connectivity index (χ1) is 8.16. The van der Waals surface area contributed by atoms with Crippen molar-refractivity contribution < 1.29 is 5.11 Å². The third-order valence-corrected chi connectivity index (χ3v) is 4.50. The van der Waals surface area contributed by atoms with Crippen molar-refractivity contribution in [3.63, 3.8) is 0 Å². The van der Waals surface area contributed by atoms with Crippen LogP contribution in [-0.2, 0) is 5.60 Å². The van der Waals surface area contributed by atoms with Gasteiger partial charge >= 0.3 is 0 Å². The number of hydrogen-bond acceptors (Lipinski definition) is 2. The minimum absolute atomic E-state index is 0.669. The van der Waals surface area contributed by atoms with Crippen LogP contribution in [-0.4, -0.2) is 15.3 Å². The maximum absolute atomic E-state index is 10.8. The summed E-state index contributed by atoms with van der Waals surface area (Å²) in [6.45, 7) is 0. The lowest BCUT2D eigenvalue weighted by Crippen LogP contribution is -2.23. The smallest absolute Gasteiger partial charge is 0.0923 e. The summed E-state index contributed by atoms with van der Waals surface area (Å²) >= 11 is 6.12. The molecule has 17 heavy (non-hydrogen) atoms. The van der Waals surface area contributed by atoms with Gasteiger partial charge in [-0.15, -0.1) is 0 Å². The van der Waals surface area contributed by atoms with Crippen LogP contribution in [0, 0.1) is 11.8 Å². The van der Waals surface area contributed by atoms with Gasteiger partial charge in [-0.25, -0.2) is 0 Å². The van der Waals surface area contributed by atoms with Crippen LogP contribution in [0.15, 0.2) is 18.3 Å². The van der Waals surface area contributed by atoms with Crippen molar-refractivity contribution in [3.8, 4) is 0 Å². The number of aromatic amines is 1. The van der Waals surface area contributed by atoms with Crippen LogP contribution in [0.1, 0.15) is 24.8 Å². The van der Waals surface area contributed by atoms with Gasteiger partial charge in [0.05, 0.1) is 17.3 Å². The second-order valence-electron chi connectivity index (χ2n) is 5.48. The Labute approximate surface area is 104 Å². The van der Waals surface area contributed by atoms with E-state index in [-0.39, 0.29) is 0 Å². The van der Waals surface area contributed by atoms with Crippen molar-refractivity contribution in [3.05, 3.63) is 28.9 Å². The lowest BCUT2D eigenvalue weighted by Gasteiger charge is -2.25. The molecule has 3 nitrogen and oxygen atoms in total. The Morgan fingerprint density at radius 2 is 2.12 bits per heavy atom. The molecule has 4 rings (SSSR count). The van der Waals surface area contributed by atoms with E-state index in [0.717, 1.165) is 41.1 Å². The van der Waals surface area contributed by atoms with E-state index in [1.54, 1.807) is 6.20 Å². The third-order valence-electron chi connectivity index (χ3n) is 4.28. The zero-order valence-electron chi connectivity index (χ0n) is 9.28. The highest BCUT2D eigenvalue weighted by molar-refractivity contribution is 6.31. The molecule has 1 heterocycles. The van der Waals surface area contributed by atoms with E-state index in [2.05, 4.69) is 10.2 Å². The molecule has 88 valence electrons. The molecule has 1 aromatic carbocycles. The SMILES string of the molecule is O[C@@]1(c2cc(Cl)cc3cn[nH]c23)C[C@H]2C[C@H]2C1. The van der Waals surface area contributed by atoms with Gasteiger partial charge in [0.15, 0.2) is 0 Å². The van der Waals surface area contributed by atoms with E-state index in [0.29, 0.717) is 5.02 Å². The first kappa shape index (κ1) is 9.92. The predicted molar refractivity (Wildman–Crippen MR) is 65.8 cm³/mol. The summed E-state index contributed by atoms with van der Waals surface area (Å²) in [7, 11) is 0. The van der Waals surface area contributed by atoms with Crippen LogP contribution in [0.5, 0.6) is 0 Å². The van der Waals surface area contributed by atoms with E-state index < -0.39 is 5.60 Å². The first-order valence-corrected chi connectivity index (χ1v) is 6.39. The van der Waals surface area contributed by atoms with E-state index in [1.165, 1.54) is 6.42 Å². The molecular weight excluding hydrogens is 236 g/mol. The molecular formula is C13H13ClN2O. The van der Waals surface area contributed by atoms with Crippen molar-refractivity contribution >= 4 is 22.5 Å². The van der Waals surface area contributed by atoms with Gasteiger partial charge in [0.1, 0.15) is 0 Å². The number of fused-ring (bicyclic) bond motifs is 2. The molecule has 2 aliphatic carbocycles. The molecule has 2 N–H and O–H groups in total. The van der Waals surface area contributed by atoms with Crippen LogP contribution >= 0.6 is 11.6 Å². The molecule has 0 radical (unpaired) electrons. The van der Waals surface area contributed by atoms with Crippen molar-refractivity contribution in [1.82, 2.24) is 10.2 Å². The highest BCUT2D eigenvalue weighted by Gasteiger charge is 2.54. The molecule has 0 unspecified atom stereocenters. The topological polar surface area (TPSA) is 48.9 Å². The Balaban J connectivity index is 1.92. The summed E-state index contributed by atoms with van der Waals surface area (Å²) in [4.78, 5) is 0. The number of nitrogens with zero attached hydrogens (tertiary/aromatic N) is 1. The Morgan fingerprint density at radius 1 is 1.35 bits per heavy atom. The van der Waals surface area contributed by atoms with E-state index in [9.17, 15) is 5.11 Å². The monoisotopic (exact) mass is 248 g/mol. The van der Waals surface area contributed by atoms with Crippen LogP contribution in [0.3, 0.4) is 0 Å². The number of nitrogens with one attached hydrogen (secondary N) is 1. The van der Waals surface area contributed by atoms with Crippen LogP contribution in [0.4, 0.5) is 0 Å². The number of hydrogen-bond donors (Lipinski definition) is 2. The minimum atomic E-state index is -0.705. The average Bonchev–Trinajstić information content (AvgIpc) is 2.75. The third kappa shape index (κ3) is 1.36. The Hall–Kier alpha value is -1.06. The molecule has 3 atom stereocenters. The normalized spacial score (nSPS) is 35.2. The van der Waals surface area contributed by atoms with Gasteiger partial charge < -0.3 is 5.11 Å². The zero-order valence-corrected chi connectivity index (χ0v) is 10.0. The zero-order chi connectivity index (χ0) is 11.6. The summed E-state index contributed by atoms with van der Waals surface area (Å²) < 4.78 is 0. The number of rotatable bonds is 1. The highest BCUT2D eigenvalue weighted by atomic mass is 35.5. The molecule has 0 aliphatic heterocycles. The van der Waals surface area contributed by atoms with Crippen molar-refractivity contribution in [2.45, 2.75) is 24.9 Å². The second kappa shape index (κ2) is 3.03. The van der Waals surface area contributed by atoms with Crippen molar-refractivity contribution in [2.75, 3.05) is 0 Å². The lowest BCUT2D eigenvalue weighted by atomic mass is 9.88. The summed E-state index contributed by atoms with van der Waals surface area (Å²) in [5.74, 6) is 1.44. The first-order valence-electron chi connectivity index (χ1n) is 6.01. The molecule has 2 fully saturated rings. The Bertz CT molecular complexity index is 596. The molecule has 0 spiro atoms. The van der Waals surface area contributed by atoms with Crippen LogP contribution < -0.4 is 0 Å². The van der Waals surface area contributed by atoms with E-state index in [4.69, 9.17) is 11.6 Å². The van der Waals surface area contributed by atoms with Crippen molar-refractivity contribution in [2.24, 2.45) is 11.8 Å². The fourth-order valence-corrected chi connectivity index (χ4v) is 3.60. The lowest BCUT2D eigenvalue weighted by molar-refractivity contribution is 0.0325. The quantitative estimate of drug-likeness (QED) is 0.815. The molecule has 2 saturated carbocycles. The average molecular weight is 249 g/mol. The van der Waals surface area contributed by atoms with Gasteiger partial charge in [-0.2, -0.15) is 5.10 Å². The molecule has 2 aromatic rings. The fraction of sp³-hybridized carbons (Fsp3) is 0.462. The molecule has 0 saturated heterocycles. The summed E-state index contributed by atoms with van der Waals surface area (Å²) in [6.07, 6.45) is 4.77. The van der Waals surface area contributed by atoms with Gasteiger partial charge in [0, 0.05) is 16.0 Å². The van der Waals surface area contributed by atoms with Gasteiger partial charge in [-0.1, -0.05) is 11.6 Å². The number of aliphatic hydroxyl groups is 1. The van der Waals surface area contributed by atoms with Crippen LogP contribution in [0.2, 0.25) is 5.02 Å². The fourth-order valence-electron chi connectivity index (χ4n) is 3.37. The summed E-state index contributed by atoms with van der Waals surface area (Å²) in [5, 5.41) is 19.5. The molecule has 0 amide bonds. The number of benzene rings is 1. The number of halogens is 1. The minimum Gasteiger partial charge on any atom is -0.385 e. The van der Waals surface area contributed by atoms with E-state index >= 15 is 0 Å². The standard InChI is InChI=1S/C13H13ClN2O/c14-10-2-9-6-15-16-12(9)11(3-10)13(17)4-7-1-8(7)5-13/h2-3,6-8,17H,1,4-5H2,(H,15,16)/t7-,8+,13+. The molecule has 1 aromatic heterocycles. The van der Waals surface area contributed by atoms with Gasteiger partial charge in [-0.05, 0) is 43.2 Å². The highest BCUT2D eigenvalue weighted by Crippen LogP contribution is 2.60. The van der Waals surface area contributed by atoms with Crippen molar-refractivity contribution in [1.29, 1.82) is 0 Å². The Kier molecular flexibility index (Phi) is 1.77. The number of H-pyrrole nitrogens is 1. The summed E-state index contributed by atoms with van der Waals surface area (Å²) in [6, 6.07) is 3.76. The predicted octanol–water partition coefficient (Wildman–Crippen LogP) is 2.83. The van der Waals surface area contributed by atoms with Gasteiger partial charge in [0.2, 0.25) is 0 Å².